The predicted molar refractivity (Wildman–Crippen MR) is 102 cm³/mol. The van der Waals surface area contributed by atoms with E-state index in [1.807, 2.05) is 45.0 Å². The minimum absolute atomic E-state index is 0.657. The number of hydrogen-bond acceptors (Lipinski definition) is 0. The van der Waals surface area contributed by atoms with E-state index in [9.17, 15) is 0 Å². The van der Waals surface area contributed by atoms with Gasteiger partial charge in [-0.3, -0.25) is 0 Å². The lowest BCUT2D eigenvalue weighted by Crippen LogP contribution is -1.83. The third kappa shape index (κ3) is 8.12. The Balaban J connectivity index is 0.000000626. The molecule has 0 heteroatoms. The van der Waals surface area contributed by atoms with Gasteiger partial charge in [-0.15, -0.1) is 6.42 Å². The van der Waals surface area contributed by atoms with Crippen molar-refractivity contribution in [2.24, 2.45) is 5.92 Å². The zero-order valence-electron chi connectivity index (χ0n) is 14.6. The fourth-order valence-corrected chi connectivity index (χ4v) is 1.38. The van der Waals surface area contributed by atoms with Crippen molar-refractivity contribution < 1.29 is 0 Å². The molecule has 1 aromatic carbocycles. The van der Waals surface area contributed by atoms with Gasteiger partial charge < -0.3 is 0 Å². The van der Waals surface area contributed by atoms with Crippen molar-refractivity contribution in [3.8, 4) is 12.3 Å². The molecule has 0 atom stereocenters. The third-order valence-corrected chi connectivity index (χ3v) is 3.21. The van der Waals surface area contributed by atoms with Crippen molar-refractivity contribution in [3.63, 3.8) is 0 Å². The Bertz CT molecular complexity index is 601. The Morgan fingerprint density at radius 3 is 2.18 bits per heavy atom. The Morgan fingerprint density at radius 2 is 1.77 bits per heavy atom. The van der Waals surface area contributed by atoms with Gasteiger partial charge in [-0.2, -0.15) is 0 Å². The van der Waals surface area contributed by atoms with Gasteiger partial charge in [0.2, 0.25) is 0 Å². The van der Waals surface area contributed by atoms with E-state index in [0.717, 1.165) is 22.3 Å². The van der Waals surface area contributed by atoms with Gasteiger partial charge in [-0.25, -0.2) is 0 Å². The van der Waals surface area contributed by atoms with E-state index in [-0.39, 0.29) is 0 Å². The van der Waals surface area contributed by atoms with Crippen molar-refractivity contribution >= 4 is 5.57 Å². The van der Waals surface area contributed by atoms with E-state index in [1.54, 1.807) is 0 Å². The van der Waals surface area contributed by atoms with Crippen LogP contribution in [0.1, 0.15) is 45.7 Å². The summed E-state index contributed by atoms with van der Waals surface area (Å²) in [6, 6.07) is 7.97. The normalized spacial score (nSPS) is 10.9. The van der Waals surface area contributed by atoms with E-state index < -0.39 is 0 Å². The molecule has 0 saturated carbocycles. The Labute approximate surface area is 137 Å². The molecule has 0 amide bonds. The highest BCUT2D eigenvalue weighted by molar-refractivity contribution is 5.75. The molecule has 1 rings (SSSR count). The second-order valence-electron chi connectivity index (χ2n) is 5.65. The average Bonchev–Trinajstić information content (AvgIpc) is 2.48. The number of allylic oxidation sites excluding steroid dienone is 6. The summed E-state index contributed by atoms with van der Waals surface area (Å²) >= 11 is 0. The standard InChI is InChI=1S/C16H16.C6H12/c1-5-14-8-7-9-16(12-14)15(6-2)11-10-13(3)4;1-5(2)6(3)4/h1,6-12H,3H2,2,4H3;6H,1H2,2-4H3/b11-10-,15-6+;. The minimum atomic E-state index is 0.657. The molecule has 0 aliphatic rings. The second kappa shape index (κ2) is 10.5. The van der Waals surface area contributed by atoms with Gasteiger partial charge in [-0.05, 0) is 50.0 Å². The number of rotatable bonds is 4. The number of terminal acetylenes is 1. The van der Waals surface area contributed by atoms with Crippen LogP contribution in [0.4, 0.5) is 0 Å². The molecule has 0 radical (unpaired) electrons. The predicted octanol–water partition coefficient (Wildman–Crippen LogP) is 6.42. The molecule has 0 nitrogen and oxygen atoms in total. The molecule has 0 unspecified atom stereocenters. The van der Waals surface area contributed by atoms with Crippen LogP contribution < -0.4 is 0 Å². The average molecular weight is 292 g/mol. The van der Waals surface area contributed by atoms with Crippen LogP contribution in [0.15, 0.2) is 66.8 Å². The van der Waals surface area contributed by atoms with Crippen molar-refractivity contribution in [1.82, 2.24) is 0 Å². The Morgan fingerprint density at radius 1 is 1.18 bits per heavy atom. The van der Waals surface area contributed by atoms with Crippen molar-refractivity contribution in [1.29, 1.82) is 0 Å². The number of benzene rings is 1. The van der Waals surface area contributed by atoms with Crippen molar-refractivity contribution in [2.45, 2.75) is 34.6 Å². The maximum Gasteiger partial charge on any atom is 0.0248 e. The molecule has 0 aliphatic heterocycles. The molecule has 0 saturated heterocycles. The van der Waals surface area contributed by atoms with Gasteiger partial charge in [0.25, 0.3) is 0 Å². The first kappa shape index (κ1) is 19.7. The van der Waals surface area contributed by atoms with Crippen LogP contribution in [0.3, 0.4) is 0 Å². The highest BCUT2D eigenvalue weighted by atomic mass is 14.0. The van der Waals surface area contributed by atoms with Crippen LogP contribution >= 0.6 is 0 Å². The molecule has 0 bridgehead atoms. The molecule has 0 fully saturated rings. The van der Waals surface area contributed by atoms with Gasteiger partial charge in [0.15, 0.2) is 0 Å². The molecular weight excluding hydrogens is 264 g/mol. The highest BCUT2D eigenvalue weighted by Crippen LogP contribution is 2.17. The van der Waals surface area contributed by atoms with Crippen molar-refractivity contribution in [2.75, 3.05) is 0 Å². The van der Waals surface area contributed by atoms with Crippen LogP contribution in [0.25, 0.3) is 5.57 Å². The fraction of sp³-hybridized carbons (Fsp3) is 0.273. The van der Waals surface area contributed by atoms with Gasteiger partial charge in [0.05, 0.1) is 0 Å². The SMILES string of the molecule is C#Cc1cccc(C(/C=C\C(=C)C)=C/C)c1.C=C(C)C(C)C. The summed E-state index contributed by atoms with van der Waals surface area (Å²) in [7, 11) is 0. The quantitative estimate of drug-likeness (QED) is 0.341. The summed E-state index contributed by atoms with van der Waals surface area (Å²) in [4.78, 5) is 0. The smallest absolute Gasteiger partial charge is 0.0248 e. The number of hydrogen-bond donors (Lipinski definition) is 0. The molecule has 0 spiro atoms. The topological polar surface area (TPSA) is 0 Å². The lowest BCUT2D eigenvalue weighted by Gasteiger charge is -2.02. The van der Waals surface area contributed by atoms with Crippen LogP contribution in [0.5, 0.6) is 0 Å². The van der Waals surface area contributed by atoms with Gasteiger partial charge in [-0.1, -0.05) is 74.4 Å². The molecule has 22 heavy (non-hydrogen) atoms. The maximum absolute atomic E-state index is 5.38. The first-order valence-corrected chi connectivity index (χ1v) is 7.54. The van der Waals surface area contributed by atoms with E-state index >= 15 is 0 Å². The monoisotopic (exact) mass is 292 g/mol. The van der Waals surface area contributed by atoms with Gasteiger partial charge >= 0.3 is 0 Å². The largest absolute Gasteiger partial charge is 0.115 e. The third-order valence-electron chi connectivity index (χ3n) is 3.21. The van der Waals surface area contributed by atoms with Crippen LogP contribution in [0, 0.1) is 18.3 Å². The molecular formula is C22H28. The van der Waals surface area contributed by atoms with Crippen LogP contribution in [-0.2, 0) is 0 Å². The maximum atomic E-state index is 5.38. The van der Waals surface area contributed by atoms with E-state index in [2.05, 4.69) is 51.1 Å². The van der Waals surface area contributed by atoms with Gasteiger partial charge in [0, 0.05) is 5.56 Å². The summed E-state index contributed by atoms with van der Waals surface area (Å²) in [5.41, 5.74) is 5.48. The summed E-state index contributed by atoms with van der Waals surface area (Å²) in [5, 5.41) is 0. The molecule has 1 aromatic rings. The minimum Gasteiger partial charge on any atom is -0.115 e. The molecule has 0 aliphatic carbocycles. The first-order valence-electron chi connectivity index (χ1n) is 7.54. The Kier molecular flexibility index (Phi) is 9.39. The second-order valence-corrected chi connectivity index (χ2v) is 5.65. The lowest BCUT2D eigenvalue weighted by molar-refractivity contribution is 0.773. The van der Waals surface area contributed by atoms with E-state index in [1.165, 1.54) is 5.57 Å². The summed E-state index contributed by atoms with van der Waals surface area (Å²) in [6.07, 6.45) is 11.5. The summed E-state index contributed by atoms with van der Waals surface area (Å²) in [6.45, 7) is 17.9. The molecule has 0 aromatic heterocycles. The molecule has 116 valence electrons. The Hall–Kier alpha value is -2.26. The summed E-state index contributed by atoms with van der Waals surface area (Å²) < 4.78 is 0. The van der Waals surface area contributed by atoms with Crippen LogP contribution in [-0.4, -0.2) is 0 Å². The zero-order valence-corrected chi connectivity index (χ0v) is 14.6. The van der Waals surface area contributed by atoms with E-state index in [4.69, 9.17) is 6.42 Å². The molecule has 0 N–H and O–H groups in total. The lowest BCUT2D eigenvalue weighted by atomic mass is 10.0. The van der Waals surface area contributed by atoms with E-state index in [0.29, 0.717) is 5.92 Å². The molecule has 0 heterocycles. The zero-order chi connectivity index (χ0) is 17.1. The van der Waals surface area contributed by atoms with Crippen LogP contribution in [0.2, 0.25) is 0 Å². The highest BCUT2D eigenvalue weighted by Gasteiger charge is 1.97. The first-order chi connectivity index (χ1) is 10.3. The summed E-state index contributed by atoms with van der Waals surface area (Å²) in [5.74, 6) is 3.30. The van der Waals surface area contributed by atoms with Crippen molar-refractivity contribution in [3.05, 3.63) is 77.9 Å². The fourth-order valence-electron chi connectivity index (χ4n) is 1.38. The van der Waals surface area contributed by atoms with Gasteiger partial charge in [0.1, 0.15) is 0 Å².